The second-order valence-electron chi connectivity index (χ2n) is 12.7. The minimum Gasteiger partial charge on any atom is -0.0881 e. The molecule has 0 bridgehead atoms. The molecule has 1 unspecified atom stereocenters. The van der Waals surface area contributed by atoms with Crippen LogP contribution in [-0.4, -0.2) is 0 Å². The average molecular weight is 599 g/mol. The molecule has 46 heavy (non-hydrogen) atoms. The fourth-order valence-electron chi connectivity index (χ4n) is 8.99. The Morgan fingerprint density at radius 1 is 0.370 bits per heavy atom. The van der Waals surface area contributed by atoms with Crippen LogP contribution in [0, 0.1) is 0 Å². The smallest absolute Gasteiger partial charge is 0.0731 e. The summed E-state index contributed by atoms with van der Waals surface area (Å²) in [7, 11) is 0. The normalized spacial score (nSPS) is 16.3. The van der Waals surface area contributed by atoms with Gasteiger partial charge in [-0.05, 0) is 89.0 Å². The topological polar surface area (TPSA) is 0 Å². The third-order valence-electron chi connectivity index (χ3n) is 10.7. The van der Waals surface area contributed by atoms with Crippen LogP contribution in [0.3, 0.4) is 0 Å². The quantitative estimate of drug-likeness (QED) is 0.181. The summed E-state index contributed by atoms with van der Waals surface area (Å²) in [5, 5.41) is 5.28. The summed E-state index contributed by atoms with van der Waals surface area (Å²) in [6.45, 7) is 0. The van der Waals surface area contributed by atoms with Gasteiger partial charge in [-0.15, -0.1) is 0 Å². The van der Waals surface area contributed by atoms with E-state index < -0.39 is 5.41 Å². The van der Waals surface area contributed by atoms with Gasteiger partial charge in [-0.1, -0.05) is 163 Å². The molecular formula is C45H26S. The van der Waals surface area contributed by atoms with Gasteiger partial charge >= 0.3 is 0 Å². The van der Waals surface area contributed by atoms with Gasteiger partial charge in [0.15, 0.2) is 0 Å². The SMILES string of the molecule is c1ccc2c(c1)-c1cccc(-c3cccc4c3Sc3cccc5cccc-4c35)c1C21c2ccccc2-c2c1ccc1ccccc21. The maximum atomic E-state index is 2.42. The van der Waals surface area contributed by atoms with Gasteiger partial charge < -0.3 is 0 Å². The van der Waals surface area contributed by atoms with E-state index in [1.165, 1.54) is 98.1 Å². The monoisotopic (exact) mass is 598 g/mol. The molecule has 0 amide bonds. The molecule has 8 aromatic carbocycles. The van der Waals surface area contributed by atoms with E-state index in [9.17, 15) is 0 Å². The summed E-state index contributed by atoms with van der Waals surface area (Å²) in [6, 6.07) is 59.4. The molecule has 212 valence electrons. The molecule has 0 aromatic heterocycles. The van der Waals surface area contributed by atoms with Crippen LogP contribution in [0.15, 0.2) is 168 Å². The average Bonchev–Trinajstić information content (AvgIpc) is 3.59. The Bertz CT molecular complexity index is 2620. The van der Waals surface area contributed by atoms with Crippen LogP contribution in [0.2, 0.25) is 0 Å². The standard InChI is InChI=1S/C45H26S/c1-2-14-29-27(11-1)25-26-39-42(29)36-16-4-6-23-38(36)45(39)37-22-5-3-15-30(37)32-18-9-19-33(43(32)45)35-21-10-20-34-31-17-7-12-28-13-8-24-40(41(28)31)46-44(34)35/h1-26H. The van der Waals surface area contributed by atoms with Crippen LogP contribution < -0.4 is 0 Å². The molecule has 1 atom stereocenters. The van der Waals surface area contributed by atoms with Gasteiger partial charge in [0.2, 0.25) is 0 Å². The molecule has 0 nitrogen and oxygen atoms in total. The Labute approximate surface area is 272 Å². The lowest BCUT2D eigenvalue weighted by atomic mass is 9.68. The number of hydrogen-bond donors (Lipinski definition) is 0. The van der Waals surface area contributed by atoms with Crippen molar-refractivity contribution in [2.75, 3.05) is 0 Å². The fraction of sp³-hybridized carbons (Fsp3) is 0.0222. The Kier molecular flexibility index (Phi) is 4.80. The van der Waals surface area contributed by atoms with Crippen LogP contribution in [0.4, 0.5) is 0 Å². The maximum absolute atomic E-state index is 2.42. The number of benzene rings is 8. The van der Waals surface area contributed by atoms with E-state index in [2.05, 4.69) is 158 Å². The van der Waals surface area contributed by atoms with Crippen LogP contribution in [0.1, 0.15) is 22.3 Å². The lowest BCUT2D eigenvalue weighted by Crippen LogP contribution is -2.26. The highest BCUT2D eigenvalue weighted by atomic mass is 32.2. The fourth-order valence-corrected chi connectivity index (χ4v) is 10.3. The Morgan fingerprint density at radius 2 is 0.935 bits per heavy atom. The van der Waals surface area contributed by atoms with Crippen molar-refractivity contribution in [3.8, 4) is 44.5 Å². The molecule has 1 heterocycles. The zero-order valence-electron chi connectivity index (χ0n) is 24.9. The van der Waals surface area contributed by atoms with Gasteiger partial charge in [0.25, 0.3) is 0 Å². The predicted molar refractivity (Wildman–Crippen MR) is 193 cm³/mol. The van der Waals surface area contributed by atoms with Gasteiger partial charge in [0.1, 0.15) is 0 Å². The molecule has 1 spiro atoms. The van der Waals surface area contributed by atoms with Gasteiger partial charge in [0, 0.05) is 15.2 Å². The highest BCUT2D eigenvalue weighted by Crippen LogP contribution is 2.66. The molecule has 0 fully saturated rings. The van der Waals surface area contributed by atoms with E-state index in [0.29, 0.717) is 0 Å². The summed E-state index contributed by atoms with van der Waals surface area (Å²) in [4.78, 5) is 2.68. The van der Waals surface area contributed by atoms with E-state index >= 15 is 0 Å². The number of fused-ring (bicyclic) bond motifs is 14. The summed E-state index contributed by atoms with van der Waals surface area (Å²) in [5.41, 5.74) is 15.8. The first-order chi connectivity index (χ1) is 22.8. The summed E-state index contributed by atoms with van der Waals surface area (Å²) in [6.07, 6.45) is 0. The molecule has 8 aromatic rings. The summed E-state index contributed by atoms with van der Waals surface area (Å²) in [5.74, 6) is 0. The lowest BCUT2D eigenvalue weighted by Gasteiger charge is -2.33. The first kappa shape index (κ1) is 24.9. The molecule has 1 heteroatoms. The molecule has 0 saturated carbocycles. The zero-order valence-corrected chi connectivity index (χ0v) is 25.7. The summed E-state index contributed by atoms with van der Waals surface area (Å²) >= 11 is 1.93. The van der Waals surface area contributed by atoms with Crippen LogP contribution in [-0.2, 0) is 5.41 Å². The van der Waals surface area contributed by atoms with Crippen LogP contribution in [0.25, 0.3) is 66.1 Å². The van der Waals surface area contributed by atoms with Crippen LogP contribution >= 0.6 is 11.8 Å². The van der Waals surface area contributed by atoms with Crippen LogP contribution in [0.5, 0.6) is 0 Å². The molecule has 0 radical (unpaired) electrons. The van der Waals surface area contributed by atoms with E-state index in [1.807, 2.05) is 11.8 Å². The second-order valence-corrected chi connectivity index (χ2v) is 13.8. The first-order valence-corrected chi connectivity index (χ1v) is 16.8. The van der Waals surface area contributed by atoms with Gasteiger partial charge in [0.05, 0.1) is 5.41 Å². The molecule has 1 aliphatic heterocycles. The second kappa shape index (κ2) is 8.88. The Balaban J connectivity index is 1.28. The van der Waals surface area contributed by atoms with E-state index in [0.717, 1.165) is 0 Å². The zero-order chi connectivity index (χ0) is 30.0. The van der Waals surface area contributed by atoms with Crippen molar-refractivity contribution in [1.82, 2.24) is 0 Å². The van der Waals surface area contributed by atoms with Crippen molar-refractivity contribution in [1.29, 1.82) is 0 Å². The third kappa shape index (κ3) is 2.93. The Hall–Kier alpha value is -5.37. The molecule has 0 saturated heterocycles. The van der Waals surface area contributed by atoms with Crippen molar-refractivity contribution < 1.29 is 0 Å². The highest BCUT2D eigenvalue weighted by molar-refractivity contribution is 8.00. The molecule has 0 N–H and O–H groups in total. The van der Waals surface area contributed by atoms with Gasteiger partial charge in [-0.3, -0.25) is 0 Å². The third-order valence-corrected chi connectivity index (χ3v) is 11.9. The largest absolute Gasteiger partial charge is 0.0881 e. The van der Waals surface area contributed by atoms with Crippen molar-refractivity contribution in [2.24, 2.45) is 0 Å². The lowest BCUT2D eigenvalue weighted by molar-refractivity contribution is 0.796. The molecule has 2 aliphatic carbocycles. The predicted octanol–water partition coefficient (Wildman–Crippen LogP) is 12.1. The molecule has 11 rings (SSSR count). The first-order valence-electron chi connectivity index (χ1n) is 16.0. The van der Waals surface area contributed by atoms with E-state index in [-0.39, 0.29) is 0 Å². The minimum absolute atomic E-state index is 0.418. The van der Waals surface area contributed by atoms with Gasteiger partial charge in [-0.25, -0.2) is 0 Å². The highest BCUT2D eigenvalue weighted by Gasteiger charge is 2.53. The molecule has 3 aliphatic rings. The maximum Gasteiger partial charge on any atom is 0.0731 e. The van der Waals surface area contributed by atoms with E-state index in [4.69, 9.17) is 0 Å². The Morgan fingerprint density at radius 3 is 1.78 bits per heavy atom. The van der Waals surface area contributed by atoms with Crippen molar-refractivity contribution in [3.63, 3.8) is 0 Å². The van der Waals surface area contributed by atoms with Crippen molar-refractivity contribution >= 4 is 33.3 Å². The van der Waals surface area contributed by atoms with Crippen molar-refractivity contribution in [2.45, 2.75) is 15.2 Å². The summed E-state index contributed by atoms with van der Waals surface area (Å²) < 4.78 is 0. The number of rotatable bonds is 1. The molecular weight excluding hydrogens is 573 g/mol. The van der Waals surface area contributed by atoms with E-state index in [1.54, 1.807) is 0 Å². The van der Waals surface area contributed by atoms with Crippen molar-refractivity contribution in [3.05, 3.63) is 180 Å². The minimum atomic E-state index is -0.418. The van der Waals surface area contributed by atoms with Gasteiger partial charge in [-0.2, -0.15) is 0 Å². The number of hydrogen-bond acceptors (Lipinski definition) is 1.